The number of hydrogen-bond donors (Lipinski definition) is 1. The average Bonchev–Trinajstić information content (AvgIpc) is 2.71. The van der Waals surface area contributed by atoms with Crippen LogP contribution in [0, 0.1) is 5.41 Å². The van der Waals surface area contributed by atoms with Gasteiger partial charge in [0.05, 0.1) is 10.0 Å². The van der Waals surface area contributed by atoms with Crippen LogP contribution in [0.25, 0.3) is 11.1 Å². The normalized spacial score (nSPS) is 18.5. The van der Waals surface area contributed by atoms with Gasteiger partial charge in [0.25, 0.3) is 0 Å². The van der Waals surface area contributed by atoms with E-state index in [4.69, 9.17) is 33.7 Å². The SMILES string of the molecule is CC1(C)Cc2cc(-c3ccc(Cl)c(Cl)c3)ccc2C1OC(N)=O. The molecule has 3 nitrogen and oxygen atoms in total. The van der Waals surface area contributed by atoms with Crippen molar-refractivity contribution in [2.24, 2.45) is 11.1 Å². The maximum absolute atomic E-state index is 11.2. The minimum absolute atomic E-state index is 0.187. The minimum atomic E-state index is -0.746. The molecule has 0 saturated carbocycles. The lowest BCUT2D eigenvalue weighted by Crippen LogP contribution is -2.25. The number of hydrogen-bond acceptors (Lipinski definition) is 2. The van der Waals surface area contributed by atoms with Crippen LogP contribution in [0.1, 0.15) is 31.1 Å². The molecular formula is C18H17Cl2NO2. The Kier molecular flexibility index (Phi) is 4.03. The summed E-state index contributed by atoms with van der Waals surface area (Å²) >= 11 is 12.1. The highest BCUT2D eigenvalue weighted by Gasteiger charge is 2.41. The predicted octanol–water partition coefficient (Wildman–Crippen LogP) is 5.38. The molecule has 2 N–H and O–H groups in total. The molecule has 0 radical (unpaired) electrons. The van der Waals surface area contributed by atoms with E-state index in [0.717, 1.165) is 28.7 Å². The molecule has 1 aliphatic carbocycles. The Morgan fingerprint density at radius 2 is 1.78 bits per heavy atom. The molecule has 120 valence electrons. The Labute approximate surface area is 145 Å². The number of nitrogens with two attached hydrogens (primary N) is 1. The Balaban J connectivity index is 2.01. The van der Waals surface area contributed by atoms with E-state index in [-0.39, 0.29) is 11.5 Å². The highest BCUT2D eigenvalue weighted by molar-refractivity contribution is 6.42. The summed E-state index contributed by atoms with van der Waals surface area (Å²) in [6.07, 6.45) is -0.252. The summed E-state index contributed by atoms with van der Waals surface area (Å²) in [6.45, 7) is 4.14. The number of carbonyl (C=O) groups excluding carboxylic acids is 1. The van der Waals surface area contributed by atoms with E-state index in [1.54, 1.807) is 6.07 Å². The van der Waals surface area contributed by atoms with E-state index < -0.39 is 6.09 Å². The second-order valence-corrected chi connectivity index (χ2v) is 7.34. The van der Waals surface area contributed by atoms with E-state index in [2.05, 4.69) is 19.9 Å². The maximum atomic E-state index is 11.2. The summed E-state index contributed by atoms with van der Waals surface area (Å²) in [7, 11) is 0. The molecule has 2 aromatic carbocycles. The fourth-order valence-electron chi connectivity index (χ4n) is 3.21. The van der Waals surface area contributed by atoms with Crippen molar-refractivity contribution < 1.29 is 9.53 Å². The first-order chi connectivity index (χ1) is 10.8. The van der Waals surface area contributed by atoms with Crippen LogP contribution in [0.2, 0.25) is 10.0 Å². The number of carbonyl (C=O) groups is 1. The van der Waals surface area contributed by atoms with E-state index in [9.17, 15) is 4.79 Å². The summed E-state index contributed by atoms with van der Waals surface area (Å²) in [4.78, 5) is 11.2. The zero-order chi connectivity index (χ0) is 16.8. The highest BCUT2D eigenvalue weighted by Crippen LogP contribution is 2.48. The van der Waals surface area contributed by atoms with Crippen molar-refractivity contribution in [2.75, 3.05) is 0 Å². The lowest BCUT2D eigenvalue weighted by Gasteiger charge is -2.26. The Morgan fingerprint density at radius 1 is 1.13 bits per heavy atom. The van der Waals surface area contributed by atoms with Gasteiger partial charge < -0.3 is 10.5 Å². The molecule has 5 heteroatoms. The molecule has 1 aliphatic rings. The topological polar surface area (TPSA) is 52.3 Å². The molecule has 0 saturated heterocycles. The van der Waals surface area contributed by atoms with Crippen LogP contribution in [0.5, 0.6) is 0 Å². The third-order valence-corrected chi connectivity index (χ3v) is 5.01. The van der Waals surface area contributed by atoms with Crippen molar-refractivity contribution in [2.45, 2.75) is 26.4 Å². The van der Waals surface area contributed by atoms with Crippen molar-refractivity contribution in [3.8, 4) is 11.1 Å². The van der Waals surface area contributed by atoms with E-state index >= 15 is 0 Å². The molecule has 0 spiro atoms. The van der Waals surface area contributed by atoms with Gasteiger partial charge in [-0.3, -0.25) is 0 Å². The second kappa shape index (κ2) is 5.73. The first-order valence-corrected chi connectivity index (χ1v) is 8.08. The largest absolute Gasteiger partial charge is 0.441 e. The number of fused-ring (bicyclic) bond motifs is 1. The summed E-state index contributed by atoms with van der Waals surface area (Å²) in [5.41, 5.74) is 9.25. The second-order valence-electron chi connectivity index (χ2n) is 6.52. The molecule has 0 aromatic heterocycles. The smallest absolute Gasteiger partial charge is 0.405 e. The molecule has 0 bridgehead atoms. The molecule has 1 unspecified atom stereocenters. The van der Waals surface area contributed by atoms with Crippen molar-refractivity contribution in [1.82, 2.24) is 0 Å². The Morgan fingerprint density at radius 3 is 2.43 bits per heavy atom. The lowest BCUT2D eigenvalue weighted by atomic mass is 9.87. The van der Waals surface area contributed by atoms with Gasteiger partial charge in [0.15, 0.2) is 0 Å². The number of primary amides is 1. The summed E-state index contributed by atoms with van der Waals surface area (Å²) in [5, 5.41) is 1.06. The molecule has 0 fully saturated rings. The fourth-order valence-corrected chi connectivity index (χ4v) is 3.51. The number of halogens is 2. The van der Waals surface area contributed by atoms with Gasteiger partial charge in [-0.2, -0.15) is 0 Å². The third kappa shape index (κ3) is 3.04. The van der Waals surface area contributed by atoms with Crippen LogP contribution in [0.4, 0.5) is 4.79 Å². The van der Waals surface area contributed by atoms with Gasteiger partial charge in [-0.15, -0.1) is 0 Å². The van der Waals surface area contributed by atoms with Gasteiger partial charge in [-0.05, 0) is 40.8 Å². The monoisotopic (exact) mass is 349 g/mol. The minimum Gasteiger partial charge on any atom is -0.441 e. The van der Waals surface area contributed by atoms with Crippen LogP contribution < -0.4 is 5.73 Å². The molecule has 3 rings (SSSR count). The van der Waals surface area contributed by atoms with Gasteiger partial charge in [-0.25, -0.2) is 4.79 Å². The fraction of sp³-hybridized carbons (Fsp3) is 0.278. The molecule has 0 aliphatic heterocycles. The first-order valence-electron chi connectivity index (χ1n) is 7.32. The molecule has 1 atom stereocenters. The summed E-state index contributed by atoms with van der Waals surface area (Å²) in [5.74, 6) is 0. The zero-order valence-corrected chi connectivity index (χ0v) is 14.4. The number of rotatable bonds is 2. The quantitative estimate of drug-likeness (QED) is 0.791. The standard InChI is InChI=1S/C18H17Cl2NO2/c1-18(2)9-12-7-10(11-4-6-14(19)15(20)8-11)3-5-13(12)16(18)23-17(21)22/h3-8,16H,9H2,1-2H3,(H2,21,22). The Hall–Kier alpha value is -1.71. The molecule has 2 aromatic rings. The van der Waals surface area contributed by atoms with Gasteiger partial charge >= 0.3 is 6.09 Å². The van der Waals surface area contributed by atoms with Crippen molar-refractivity contribution in [3.63, 3.8) is 0 Å². The van der Waals surface area contributed by atoms with Crippen LogP contribution in [-0.2, 0) is 11.2 Å². The van der Waals surface area contributed by atoms with Gasteiger partial charge in [0.2, 0.25) is 0 Å². The van der Waals surface area contributed by atoms with E-state index in [1.807, 2.05) is 24.3 Å². The number of amides is 1. The van der Waals surface area contributed by atoms with Crippen molar-refractivity contribution >= 4 is 29.3 Å². The number of ether oxygens (including phenoxy) is 1. The maximum Gasteiger partial charge on any atom is 0.405 e. The molecule has 1 amide bonds. The molecule has 0 heterocycles. The van der Waals surface area contributed by atoms with Crippen LogP contribution >= 0.6 is 23.2 Å². The predicted molar refractivity (Wildman–Crippen MR) is 92.8 cm³/mol. The first kappa shape index (κ1) is 16.2. The van der Waals surface area contributed by atoms with Crippen LogP contribution in [-0.4, -0.2) is 6.09 Å². The lowest BCUT2D eigenvalue weighted by molar-refractivity contribution is 0.0392. The number of benzene rings is 2. The van der Waals surface area contributed by atoms with Gasteiger partial charge in [-0.1, -0.05) is 61.3 Å². The average molecular weight is 350 g/mol. The van der Waals surface area contributed by atoms with Crippen molar-refractivity contribution in [1.29, 1.82) is 0 Å². The van der Waals surface area contributed by atoms with Crippen LogP contribution in [0.3, 0.4) is 0 Å². The third-order valence-electron chi connectivity index (χ3n) is 4.27. The van der Waals surface area contributed by atoms with Gasteiger partial charge in [0, 0.05) is 5.41 Å². The zero-order valence-electron chi connectivity index (χ0n) is 12.9. The van der Waals surface area contributed by atoms with Crippen molar-refractivity contribution in [3.05, 3.63) is 57.6 Å². The van der Waals surface area contributed by atoms with E-state index in [0.29, 0.717) is 10.0 Å². The summed E-state index contributed by atoms with van der Waals surface area (Å²) in [6, 6.07) is 11.7. The van der Waals surface area contributed by atoms with E-state index in [1.165, 1.54) is 0 Å². The highest BCUT2D eigenvalue weighted by atomic mass is 35.5. The molecular weight excluding hydrogens is 333 g/mol. The Bertz CT molecular complexity index is 787. The molecule has 23 heavy (non-hydrogen) atoms. The summed E-state index contributed by atoms with van der Waals surface area (Å²) < 4.78 is 5.33. The van der Waals surface area contributed by atoms with Gasteiger partial charge in [0.1, 0.15) is 6.10 Å². The van der Waals surface area contributed by atoms with Crippen LogP contribution in [0.15, 0.2) is 36.4 Å².